The van der Waals surface area contributed by atoms with E-state index in [4.69, 9.17) is 0 Å². The molecule has 2 heterocycles. The van der Waals surface area contributed by atoms with Gasteiger partial charge in [0.15, 0.2) is 5.78 Å². The molecule has 1 aromatic heterocycles. The highest BCUT2D eigenvalue weighted by Crippen LogP contribution is 2.29. The summed E-state index contributed by atoms with van der Waals surface area (Å²) in [6.07, 6.45) is 0. The fourth-order valence-electron chi connectivity index (χ4n) is 3.06. The molecule has 0 bridgehead atoms. The number of carbonyl (C=O) groups is 3. The fraction of sp³-hybridized carbons (Fsp3) is 0.278. The first-order valence-electron chi connectivity index (χ1n) is 7.82. The number of rotatable bonds is 4. The van der Waals surface area contributed by atoms with Crippen LogP contribution >= 0.6 is 0 Å². The minimum Gasteiger partial charge on any atom is -0.362 e. The Bertz CT molecular complexity index is 872. The van der Waals surface area contributed by atoms with Gasteiger partial charge >= 0.3 is 6.03 Å². The third-order valence-electron chi connectivity index (χ3n) is 4.45. The van der Waals surface area contributed by atoms with Crippen LogP contribution in [-0.4, -0.2) is 34.2 Å². The second-order valence-electron chi connectivity index (χ2n) is 6.37. The molecule has 1 atom stereocenters. The van der Waals surface area contributed by atoms with E-state index in [9.17, 15) is 18.8 Å². The third-order valence-corrected chi connectivity index (χ3v) is 4.45. The lowest BCUT2D eigenvalue weighted by Gasteiger charge is -2.22. The lowest BCUT2D eigenvalue weighted by molar-refractivity contribution is -0.130. The van der Waals surface area contributed by atoms with Gasteiger partial charge in [-0.3, -0.25) is 14.5 Å². The number of imide groups is 1. The normalized spacial score (nSPS) is 20.1. The summed E-state index contributed by atoms with van der Waals surface area (Å²) < 4.78 is 13.1. The molecule has 3 rings (SSSR count). The Morgan fingerprint density at radius 3 is 2.40 bits per heavy atom. The summed E-state index contributed by atoms with van der Waals surface area (Å²) in [6, 6.07) is 6.38. The third kappa shape index (κ3) is 2.82. The zero-order chi connectivity index (χ0) is 18.4. The van der Waals surface area contributed by atoms with Crippen LogP contribution in [0.25, 0.3) is 0 Å². The molecule has 1 fully saturated rings. The number of Topliss-reactive ketones (excluding diaryl/α,β-unsaturated/α-hetero) is 1. The van der Waals surface area contributed by atoms with E-state index in [0.29, 0.717) is 16.8 Å². The molecule has 2 N–H and O–H groups in total. The van der Waals surface area contributed by atoms with Crippen molar-refractivity contribution in [1.82, 2.24) is 15.2 Å². The number of aromatic amines is 1. The van der Waals surface area contributed by atoms with E-state index in [1.807, 2.05) is 6.92 Å². The summed E-state index contributed by atoms with van der Waals surface area (Å²) in [5.41, 5.74) is 1.10. The molecular formula is C18H18FN3O3. The second kappa shape index (κ2) is 5.84. The van der Waals surface area contributed by atoms with Crippen LogP contribution in [0.2, 0.25) is 0 Å². The van der Waals surface area contributed by atoms with Crippen LogP contribution < -0.4 is 5.32 Å². The van der Waals surface area contributed by atoms with Crippen molar-refractivity contribution >= 4 is 17.7 Å². The van der Waals surface area contributed by atoms with Crippen molar-refractivity contribution in [2.45, 2.75) is 26.3 Å². The molecule has 2 aromatic rings. The number of hydrogen-bond acceptors (Lipinski definition) is 3. The van der Waals surface area contributed by atoms with Crippen LogP contribution in [0.15, 0.2) is 30.3 Å². The maximum atomic E-state index is 13.1. The minimum absolute atomic E-state index is 0.325. The van der Waals surface area contributed by atoms with Gasteiger partial charge in [0.2, 0.25) is 0 Å². The van der Waals surface area contributed by atoms with E-state index in [1.54, 1.807) is 13.0 Å². The van der Waals surface area contributed by atoms with Crippen molar-refractivity contribution in [3.63, 3.8) is 0 Å². The van der Waals surface area contributed by atoms with E-state index in [0.717, 1.165) is 10.6 Å². The highest BCUT2D eigenvalue weighted by Gasteiger charge is 2.49. The summed E-state index contributed by atoms with van der Waals surface area (Å²) in [4.78, 5) is 41.4. The van der Waals surface area contributed by atoms with Crippen LogP contribution in [0, 0.1) is 19.7 Å². The predicted octanol–water partition coefficient (Wildman–Crippen LogP) is 2.42. The summed E-state index contributed by atoms with van der Waals surface area (Å²) in [7, 11) is 0. The van der Waals surface area contributed by atoms with Gasteiger partial charge in [-0.2, -0.15) is 0 Å². The van der Waals surface area contributed by atoms with Gasteiger partial charge in [-0.25, -0.2) is 9.18 Å². The Hall–Kier alpha value is -2.96. The Labute approximate surface area is 144 Å². The van der Waals surface area contributed by atoms with Crippen LogP contribution in [0.4, 0.5) is 9.18 Å². The first-order valence-corrected chi connectivity index (χ1v) is 7.82. The number of ketones is 1. The number of halogens is 1. The van der Waals surface area contributed by atoms with Gasteiger partial charge in [-0.05, 0) is 44.5 Å². The topological polar surface area (TPSA) is 82.3 Å². The van der Waals surface area contributed by atoms with Crippen LogP contribution in [-0.2, 0) is 10.3 Å². The highest BCUT2D eigenvalue weighted by molar-refractivity contribution is 6.11. The van der Waals surface area contributed by atoms with Crippen molar-refractivity contribution < 1.29 is 18.8 Å². The first kappa shape index (κ1) is 16.9. The van der Waals surface area contributed by atoms with Crippen LogP contribution in [0.1, 0.15) is 34.2 Å². The molecule has 1 aliphatic rings. The lowest BCUT2D eigenvalue weighted by Crippen LogP contribution is -2.41. The Kier molecular flexibility index (Phi) is 3.94. The van der Waals surface area contributed by atoms with Gasteiger partial charge in [0.25, 0.3) is 5.91 Å². The summed E-state index contributed by atoms with van der Waals surface area (Å²) in [5.74, 6) is -1.30. The zero-order valence-corrected chi connectivity index (χ0v) is 14.1. The molecule has 0 radical (unpaired) electrons. The maximum absolute atomic E-state index is 13.1. The van der Waals surface area contributed by atoms with Crippen molar-refractivity contribution in [3.8, 4) is 0 Å². The Morgan fingerprint density at radius 2 is 1.84 bits per heavy atom. The van der Waals surface area contributed by atoms with Crippen molar-refractivity contribution in [2.24, 2.45) is 0 Å². The molecule has 25 heavy (non-hydrogen) atoms. The van der Waals surface area contributed by atoms with Gasteiger partial charge in [0.1, 0.15) is 11.4 Å². The van der Waals surface area contributed by atoms with Crippen molar-refractivity contribution in [1.29, 1.82) is 0 Å². The lowest BCUT2D eigenvalue weighted by atomic mass is 9.92. The standard InChI is InChI=1S/C18H18FN3O3/c1-10-8-14(11(2)20-10)15(23)9-22-16(24)18(3,21-17(22)25)12-4-6-13(19)7-5-12/h4-8,20H,9H2,1-3H3,(H,21,25)/t18-/m0/s1. The van der Waals surface area contributed by atoms with Crippen LogP contribution in [0.5, 0.6) is 0 Å². The second-order valence-corrected chi connectivity index (χ2v) is 6.37. The minimum atomic E-state index is -1.33. The van der Waals surface area contributed by atoms with Crippen LogP contribution in [0.3, 0.4) is 0 Å². The zero-order valence-electron chi connectivity index (χ0n) is 14.1. The Morgan fingerprint density at radius 1 is 1.20 bits per heavy atom. The van der Waals surface area contributed by atoms with Gasteiger partial charge in [-0.15, -0.1) is 0 Å². The number of carbonyl (C=O) groups excluding carboxylic acids is 3. The molecule has 0 unspecified atom stereocenters. The average molecular weight is 343 g/mol. The number of hydrogen-bond donors (Lipinski definition) is 2. The number of nitrogens with one attached hydrogen (secondary N) is 2. The van der Waals surface area contributed by atoms with E-state index >= 15 is 0 Å². The molecule has 3 amide bonds. The number of urea groups is 1. The molecule has 6 nitrogen and oxygen atoms in total. The number of benzene rings is 1. The molecule has 1 aliphatic heterocycles. The van der Waals surface area contributed by atoms with Gasteiger partial charge in [0.05, 0.1) is 6.54 Å². The van der Waals surface area contributed by atoms with Crippen molar-refractivity contribution in [3.05, 3.63) is 58.7 Å². The summed E-state index contributed by atoms with van der Waals surface area (Å²) in [5, 5.41) is 2.60. The molecular weight excluding hydrogens is 325 g/mol. The van der Waals surface area contributed by atoms with Gasteiger partial charge in [0, 0.05) is 17.0 Å². The molecule has 0 saturated carbocycles. The molecule has 7 heteroatoms. The van der Waals surface area contributed by atoms with E-state index in [-0.39, 0.29) is 12.3 Å². The van der Waals surface area contributed by atoms with Crippen molar-refractivity contribution in [2.75, 3.05) is 6.54 Å². The summed E-state index contributed by atoms with van der Waals surface area (Å²) >= 11 is 0. The van der Waals surface area contributed by atoms with Gasteiger partial charge < -0.3 is 10.3 Å². The number of aromatic nitrogens is 1. The predicted molar refractivity (Wildman–Crippen MR) is 88.6 cm³/mol. The van der Waals surface area contributed by atoms with E-state index in [1.165, 1.54) is 31.2 Å². The number of aryl methyl sites for hydroxylation is 2. The molecule has 1 aromatic carbocycles. The number of H-pyrrole nitrogens is 1. The SMILES string of the molecule is Cc1cc(C(=O)CN2C(=O)N[C@@](C)(c3ccc(F)cc3)C2=O)c(C)[nH]1. The average Bonchev–Trinajstić information content (AvgIpc) is 3.00. The highest BCUT2D eigenvalue weighted by atomic mass is 19.1. The smallest absolute Gasteiger partial charge is 0.325 e. The number of amides is 3. The fourth-order valence-corrected chi connectivity index (χ4v) is 3.06. The Balaban J connectivity index is 1.85. The number of nitrogens with zero attached hydrogens (tertiary/aromatic N) is 1. The molecule has 0 aliphatic carbocycles. The molecule has 130 valence electrons. The van der Waals surface area contributed by atoms with E-state index < -0.39 is 23.3 Å². The quantitative estimate of drug-likeness (QED) is 0.661. The maximum Gasteiger partial charge on any atom is 0.325 e. The molecule has 0 spiro atoms. The van der Waals surface area contributed by atoms with Gasteiger partial charge in [-0.1, -0.05) is 12.1 Å². The molecule has 1 saturated heterocycles. The first-order chi connectivity index (χ1) is 11.7. The summed E-state index contributed by atoms with van der Waals surface area (Å²) in [6.45, 7) is 4.77. The largest absolute Gasteiger partial charge is 0.362 e. The monoisotopic (exact) mass is 343 g/mol. The van der Waals surface area contributed by atoms with E-state index in [2.05, 4.69) is 10.3 Å².